The van der Waals surface area contributed by atoms with Gasteiger partial charge in [0.25, 0.3) is 5.91 Å². The molecule has 3 unspecified atom stereocenters. The molecule has 0 bridgehead atoms. The minimum Gasteiger partial charge on any atom is -0.365 e. The summed E-state index contributed by atoms with van der Waals surface area (Å²) >= 11 is 0. The van der Waals surface area contributed by atoms with Crippen LogP contribution in [0.2, 0.25) is 0 Å². The summed E-state index contributed by atoms with van der Waals surface area (Å²) in [5.41, 5.74) is 0.646. The molecule has 3 atom stereocenters. The molecule has 1 fully saturated rings. The van der Waals surface area contributed by atoms with Gasteiger partial charge in [-0.25, -0.2) is 4.68 Å². The smallest absolute Gasteiger partial charge is 0.333 e. The van der Waals surface area contributed by atoms with Crippen LogP contribution in [0.3, 0.4) is 0 Å². The quantitative estimate of drug-likeness (QED) is 0.919. The maximum Gasteiger partial charge on any atom is 0.333 e. The second kappa shape index (κ2) is 5.24. The molecule has 7 heteroatoms. The normalized spacial score (nSPS) is 26.9. The molecule has 106 valence electrons. The summed E-state index contributed by atoms with van der Waals surface area (Å²) in [7, 11) is 0. The van der Waals surface area contributed by atoms with E-state index in [2.05, 4.69) is 10.4 Å². The van der Waals surface area contributed by atoms with E-state index < -0.39 is 12.7 Å². The van der Waals surface area contributed by atoms with Crippen molar-refractivity contribution in [2.24, 2.45) is 5.92 Å². The lowest BCUT2D eigenvalue weighted by Gasteiger charge is -2.14. The van der Waals surface area contributed by atoms with Crippen molar-refractivity contribution in [3.05, 3.63) is 11.9 Å². The van der Waals surface area contributed by atoms with Crippen molar-refractivity contribution in [3.8, 4) is 0 Å². The van der Waals surface area contributed by atoms with E-state index in [9.17, 15) is 13.6 Å². The van der Waals surface area contributed by atoms with Crippen molar-refractivity contribution in [1.82, 2.24) is 9.78 Å². The molecule has 0 aliphatic carbocycles. The van der Waals surface area contributed by atoms with Crippen LogP contribution in [0.15, 0.2) is 6.20 Å². The molecule has 0 radical (unpaired) electrons. The highest BCUT2D eigenvalue weighted by Crippen LogP contribution is 2.27. The Bertz CT molecular complexity index is 476. The average molecular weight is 273 g/mol. The SMILES string of the molecule is Cc1nn(C(F)F)cc1NC(=O)C1OC(C)CC1C. The topological polar surface area (TPSA) is 56.2 Å². The first-order valence-electron chi connectivity index (χ1n) is 6.18. The number of carbonyl (C=O) groups is 1. The zero-order chi connectivity index (χ0) is 14.2. The second-order valence-corrected chi connectivity index (χ2v) is 4.96. The average Bonchev–Trinajstić information content (AvgIpc) is 2.83. The number of alkyl halides is 2. The molecular formula is C12H17F2N3O2. The lowest BCUT2D eigenvalue weighted by atomic mass is 10.0. The predicted octanol–water partition coefficient (Wildman–Crippen LogP) is 2.34. The Morgan fingerprint density at radius 2 is 2.26 bits per heavy atom. The van der Waals surface area contributed by atoms with E-state index >= 15 is 0 Å². The molecule has 0 saturated carbocycles. The zero-order valence-corrected chi connectivity index (χ0v) is 11.1. The van der Waals surface area contributed by atoms with Gasteiger partial charge in [0.2, 0.25) is 0 Å². The minimum atomic E-state index is -2.72. The first-order valence-corrected chi connectivity index (χ1v) is 6.18. The zero-order valence-electron chi connectivity index (χ0n) is 11.1. The van der Waals surface area contributed by atoms with Crippen LogP contribution in [0, 0.1) is 12.8 Å². The number of aromatic nitrogens is 2. The van der Waals surface area contributed by atoms with E-state index in [1.165, 1.54) is 0 Å². The number of carbonyl (C=O) groups excluding carboxylic acids is 1. The number of rotatable bonds is 3. The van der Waals surface area contributed by atoms with Gasteiger partial charge >= 0.3 is 6.55 Å². The van der Waals surface area contributed by atoms with Crippen LogP contribution in [-0.2, 0) is 9.53 Å². The van der Waals surface area contributed by atoms with Gasteiger partial charge in [0.15, 0.2) is 0 Å². The third-order valence-corrected chi connectivity index (χ3v) is 3.23. The minimum absolute atomic E-state index is 0.0376. The highest BCUT2D eigenvalue weighted by Gasteiger charge is 2.35. The van der Waals surface area contributed by atoms with Crippen molar-refractivity contribution in [1.29, 1.82) is 0 Å². The molecule has 1 aliphatic heterocycles. The fourth-order valence-electron chi connectivity index (χ4n) is 2.32. The fraction of sp³-hybridized carbons (Fsp3) is 0.667. The summed E-state index contributed by atoms with van der Waals surface area (Å²) in [5.74, 6) is -0.200. The molecule has 1 amide bonds. The van der Waals surface area contributed by atoms with Crippen LogP contribution in [0.1, 0.15) is 32.5 Å². The number of halogens is 2. The van der Waals surface area contributed by atoms with Crippen LogP contribution < -0.4 is 5.32 Å². The first kappa shape index (κ1) is 13.9. The first-order chi connectivity index (χ1) is 8.88. The Labute approximate surface area is 109 Å². The Morgan fingerprint density at radius 1 is 1.58 bits per heavy atom. The Hall–Kier alpha value is -1.50. The predicted molar refractivity (Wildman–Crippen MR) is 65.0 cm³/mol. The Morgan fingerprint density at radius 3 is 2.74 bits per heavy atom. The van der Waals surface area contributed by atoms with Gasteiger partial charge in [-0.1, -0.05) is 6.92 Å². The summed E-state index contributed by atoms with van der Waals surface area (Å²) < 4.78 is 31.0. The lowest BCUT2D eigenvalue weighted by Crippen LogP contribution is -2.31. The number of ether oxygens (including phenoxy) is 1. The Kier molecular flexibility index (Phi) is 3.84. The monoisotopic (exact) mass is 273 g/mol. The highest BCUT2D eigenvalue weighted by molar-refractivity contribution is 5.94. The third kappa shape index (κ3) is 2.91. The van der Waals surface area contributed by atoms with Crippen molar-refractivity contribution < 1.29 is 18.3 Å². The molecule has 2 rings (SSSR count). The van der Waals surface area contributed by atoms with Crippen LogP contribution in [-0.4, -0.2) is 27.9 Å². The van der Waals surface area contributed by atoms with Gasteiger partial charge in [-0.05, 0) is 26.2 Å². The molecule has 1 N–H and O–H groups in total. The lowest BCUT2D eigenvalue weighted by molar-refractivity contribution is -0.127. The summed E-state index contributed by atoms with van der Waals surface area (Å²) in [5, 5.41) is 6.23. The number of aryl methyl sites for hydroxylation is 1. The number of amides is 1. The van der Waals surface area contributed by atoms with Gasteiger partial charge < -0.3 is 10.1 Å². The van der Waals surface area contributed by atoms with Crippen LogP contribution >= 0.6 is 0 Å². The maximum atomic E-state index is 12.5. The molecule has 1 aromatic heterocycles. The standard InChI is InChI=1S/C12H17F2N3O2/c1-6-4-7(2)19-10(6)11(18)15-9-5-17(12(13)14)16-8(9)3/h5-7,10,12H,4H2,1-3H3,(H,15,18). The van der Waals surface area contributed by atoms with E-state index in [1.54, 1.807) is 6.92 Å². The molecule has 5 nitrogen and oxygen atoms in total. The van der Waals surface area contributed by atoms with Gasteiger partial charge in [-0.15, -0.1) is 0 Å². The molecule has 1 aromatic rings. The number of anilines is 1. The summed E-state index contributed by atoms with van der Waals surface area (Å²) in [6.07, 6.45) is 1.44. The van der Waals surface area contributed by atoms with E-state index in [-0.39, 0.29) is 17.9 Å². The van der Waals surface area contributed by atoms with Crippen molar-refractivity contribution in [2.75, 3.05) is 5.32 Å². The van der Waals surface area contributed by atoms with Crippen LogP contribution in [0.4, 0.5) is 14.5 Å². The molecular weight excluding hydrogens is 256 g/mol. The maximum absolute atomic E-state index is 12.5. The Balaban J connectivity index is 2.07. The van der Waals surface area contributed by atoms with E-state index in [4.69, 9.17) is 4.74 Å². The van der Waals surface area contributed by atoms with Crippen LogP contribution in [0.25, 0.3) is 0 Å². The van der Waals surface area contributed by atoms with Crippen molar-refractivity contribution in [3.63, 3.8) is 0 Å². The van der Waals surface area contributed by atoms with Gasteiger partial charge in [0.1, 0.15) is 6.10 Å². The van der Waals surface area contributed by atoms with Crippen LogP contribution in [0.5, 0.6) is 0 Å². The van der Waals surface area contributed by atoms with Gasteiger partial charge in [-0.3, -0.25) is 4.79 Å². The number of nitrogens with one attached hydrogen (secondary N) is 1. The van der Waals surface area contributed by atoms with Crippen molar-refractivity contribution in [2.45, 2.75) is 45.9 Å². The summed E-state index contributed by atoms with van der Waals surface area (Å²) in [4.78, 5) is 12.0. The molecule has 0 spiro atoms. The van der Waals surface area contributed by atoms with E-state index in [1.807, 2.05) is 13.8 Å². The van der Waals surface area contributed by atoms with Gasteiger partial charge in [0.05, 0.1) is 23.7 Å². The highest BCUT2D eigenvalue weighted by atomic mass is 19.3. The van der Waals surface area contributed by atoms with Gasteiger partial charge in [-0.2, -0.15) is 13.9 Å². The van der Waals surface area contributed by atoms with Crippen molar-refractivity contribution >= 4 is 11.6 Å². The van der Waals surface area contributed by atoms with Gasteiger partial charge in [0, 0.05) is 0 Å². The number of hydrogen-bond acceptors (Lipinski definition) is 3. The largest absolute Gasteiger partial charge is 0.365 e. The summed E-state index contributed by atoms with van der Waals surface area (Å²) in [6.45, 7) is 2.69. The van der Waals surface area contributed by atoms with E-state index in [0.29, 0.717) is 16.1 Å². The molecule has 1 aliphatic rings. The third-order valence-electron chi connectivity index (χ3n) is 3.23. The fourth-order valence-corrected chi connectivity index (χ4v) is 2.32. The molecule has 1 saturated heterocycles. The molecule has 19 heavy (non-hydrogen) atoms. The number of nitrogens with zero attached hydrogens (tertiary/aromatic N) is 2. The van der Waals surface area contributed by atoms with E-state index in [0.717, 1.165) is 12.6 Å². The summed E-state index contributed by atoms with van der Waals surface area (Å²) in [6, 6.07) is 0. The molecule has 2 heterocycles. The molecule has 0 aromatic carbocycles. The second-order valence-electron chi connectivity index (χ2n) is 4.96. The number of hydrogen-bond donors (Lipinski definition) is 1.